The van der Waals surface area contributed by atoms with Crippen LogP contribution >= 0.6 is 0 Å². The molecule has 7 nitrogen and oxygen atoms in total. The molecule has 7 heteroatoms. The molecule has 3 aromatic rings. The predicted octanol–water partition coefficient (Wildman–Crippen LogP) is 2.19. The normalized spacial score (nSPS) is 10.6. The van der Waals surface area contributed by atoms with Gasteiger partial charge in [0.15, 0.2) is 5.82 Å². The number of benzene rings is 1. The number of hydrogen-bond acceptors (Lipinski definition) is 6. The van der Waals surface area contributed by atoms with E-state index in [1.807, 2.05) is 18.2 Å². The summed E-state index contributed by atoms with van der Waals surface area (Å²) in [7, 11) is 1.33. The van der Waals surface area contributed by atoms with E-state index >= 15 is 0 Å². The lowest BCUT2D eigenvalue weighted by atomic mass is 10.2. The number of carbonyl (C=O) groups is 1. The van der Waals surface area contributed by atoms with E-state index in [0.29, 0.717) is 17.1 Å². The number of H-pyrrole nitrogens is 1. The molecule has 2 aromatic heterocycles. The summed E-state index contributed by atoms with van der Waals surface area (Å²) in [4.78, 5) is 19.0. The summed E-state index contributed by atoms with van der Waals surface area (Å²) in [5, 5.41) is 11.1. The summed E-state index contributed by atoms with van der Waals surface area (Å²) in [6, 6.07) is 7.24. The molecule has 0 saturated carbocycles. The lowest BCUT2D eigenvalue weighted by Crippen LogP contribution is -2.09. The number of rotatable bonds is 3. The van der Waals surface area contributed by atoms with Gasteiger partial charge in [-0.15, -0.1) is 5.10 Å². The van der Waals surface area contributed by atoms with Crippen molar-refractivity contribution in [2.45, 2.75) is 6.92 Å². The SMILES string of the molecule is COC(=O)c1cc(C)nnc1Nc1ccc2nc[nH]c2c1. The second-order valence-corrected chi connectivity index (χ2v) is 4.50. The quantitative estimate of drug-likeness (QED) is 0.716. The Morgan fingerprint density at radius 2 is 2.14 bits per heavy atom. The number of nitrogens with zero attached hydrogens (tertiary/aromatic N) is 3. The fraction of sp³-hybridized carbons (Fsp3) is 0.143. The molecule has 0 aliphatic heterocycles. The molecule has 0 aliphatic rings. The van der Waals surface area contributed by atoms with Crippen molar-refractivity contribution in [1.82, 2.24) is 20.2 Å². The number of methoxy groups -OCH3 is 1. The number of anilines is 2. The summed E-state index contributed by atoms with van der Waals surface area (Å²) in [6.45, 7) is 1.76. The smallest absolute Gasteiger partial charge is 0.341 e. The van der Waals surface area contributed by atoms with E-state index in [4.69, 9.17) is 4.74 Å². The van der Waals surface area contributed by atoms with Crippen molar-refractivity contribution in [2.75, 3.05) is 12.4 Å². The molecular formula is C14H13N5O2. The van der Waals surface area contributed by atoms with Crippen molar-refractivity contribution in [3.8, 4) is 0 Å². The minimum absolute atomic E-state index is 0.342. The highest BCUT2D eigenvalue weighted by atomic mass is 16.5. The fourth-order valence-electron chi connectivity index (χ4n) is 2.00. The summed E-state index contributed by atoms with van der Waals surface area (Å²) < 4.78 is 4.76. The van der Waals surface area contributed by atoms with Gasteiger partial charge >= 0.3 is 5.97 Å². The van der Waals surface area contributed by atoms with Gasteiger partial charge in [0.05, 0.1) is 30.2 Å². The van der Waals surface area contributed by atoms with Crippen LogP contribution in [0.5, 0.6) is 0 Å². The third-order valence-corrected chi connectivity index (χ3v) is 3.00. The Morgan fingerprint density at radius 1 is 1.29 bits per heavy atom. The minimum Gasteiger partial charge on any atom is -0.465 e. The Bertz CT molecular complexity index is 812. The number of aryl methyl sites for hydroxylation is 1. The van der Waals surface area contributed by atoms with Crippen LogP contribution in [0.4, 0.5) is 11.5 Å². The molecule has 21 heavy (non-hydrogen) atoms. The molecule has 0 amide bonds. The van der Waals surface area contributed by atoms with Crippen molar-refractivity contribution < 1.29 is 9.53 Å². The summed E-state index contributed by atoms with van der Waals surface area (Å²) in [5.74, 6) is -0.107. The molecule has 0 saturated heterocycles. The number of carbonyl (C=O) groups excluding carboxylic acids is 1. The molecule has 2 heterocycles. The molecule has 0 aliphatic carbocycles. The van der Waals surface area contributed by atoms with Gasteiger partial charge in [0.1, 0.15) is 5.56 Å². The average molecular weight is 283 g/mol. The van der Waals surface area contributed by atoms with Crippen molar-refractivity contribution in [2.24, 2.45) is 0 Å². The van der Waals surface area contributed by atoms with Crippen LogP contribution in [0.25, 0.3) is 11.0 Å². The molecule has 0 radical (unpaired) electrons. The van der Waals surface area contributed by atoms with Gasteiger partial charge in [-0.3, -0.25) is 0 Å². The largest absolute Gasteiger partial charge is 0.465 e. The molecular weight excluding hydrogens is 270 g/mol. The Balaban J connectivity index is 1.98. The van der Waals surface area contributed by atoms with Gasteiger partial charge < -0.3 is 15.0 Å². The third-order valence-electron chi connectivity index (χ3n) is 3.00. The van der Waals surface area contributed by atoms with Crippen LogP contribution in [-0.2, 0) is 4.74 Å². The Morgan fingerprint density at radius 3 is 2.95 bits per heavy atom. The first-order valence-electron chi connectivity index (χ1n) is 6.30. The third kappa shape index (κ3) is 2.53. The van der Waals surface area contributed by atoms with Gasteiger partial charge in [-0.25, -0.2) is 9.78 Å². The van der Waals surface area contributed by atoms with E-state index in [1.165, 1.54) is 7.11 Å². The van der Waals surface area contributed by atoms with Crippen LogP contribution < -0.4 is 5.32 Å². The van der Waals surface area contributed by atoms with Crippen LogP contribution in [0.15, 0.2) is 30.6 Å². The number of esters is 1. The fourth-order valence-corrected chi connectivity index (χ4v) is 2.00. The van der Waals surface area contributed by atoms with Crippen LogP contribution in [0.1, 0.15) is 16.1 Å². The minimum atomic E-state index is -0.460. The van der Waals surface area contributed by atoms with E-state index in [1.54, 1.807) is 19.3 Å². The molecule has 0 atom stereocenters. The van der Waals surface area contributed by atoms with Crippen LogP contribution in [0.2, 0.25) is 0 Å². The lowest BCUT2D eigenvalue weighted by molar-refractivity contribution is 0.0601. The van der Waals surface area contributed by atoms with Crippen molar-refractivity contribution in [3.63, 3.8) is 0 Å². The average Bonchev–Trinajstić information content (AvgIpc) is 2.96. The van der Waals surface area contributed by atoms with E-state index in [0.717, 1.165) is 16.7 Å². The summed E-state index contributed by atoms with van der Waals surface area (Å²) in [5.41, 5.74) is 3.51. The van der Waals surface area contributed by atoms with Gasteiger partial charge in [0, 0.05) is 5.69 Å². The van der Waals surface area contributed by atoms with Gasteiger partial charge in [-0.05, 0) is 31.2 Å². The summed E-state index contributed by atoms with van der Waals surface area (Å²) in [6.07, 6.45) is 1.63. The van der Waals surface area contributed by atoms with Crippen LogP contribution in [0, 0.1) is 6.92 Å². The number of fused-ring (bicyclic) bond motifs is 1. The zero-order valence-corrected chi connectivity index (χ0v) is 11.5. The molecule has 106 valence electrons. The number of imidazole rings is 1. The van der Waals surface area contributed by atoms with Crippen molar-refractivity contribution in [1.29, 1.82) is 0 Å². The standard InChI is InChI=1S/C14H13N5O2/c1-8-5-10(14(20)21-2)13(19-18-8)17-9-3-4-11-12(6-9)16-7-15-11/h3-7H,1-2H3,(H,15,16)(H,17,19). The molecule has 3 rings (SSSR count). The number of hydrogen-bond donors (Lipinski definition) is 2. The van der Waals surface area contributed by atoms with E-state index in [-0.39, 0.29) is 0 Å². The monoisotopic (exact) mass is 283 g/mol. The van der Waals surface area contributed by atoms with Crippen molar-refractivity contribution in [3.05, 3.63) is 41.9 Å². The van der Waals surface area contributed by atoms with Crippen LogP contribution in [0.3, 0.4) is 0 Å². The van der Waals surface area contributed by atoms with E-state index in [2.05, 4.69) is 25.5 Å². The number of nitrogens with one attached hydrogen (secondary N) is 2. The molecule has 2 N–H and O–H groups in total. The molecule has 0 spiro atoms. The molecule has 0 unspecified atom stereocenters. The zero-order chi connectivity index (χ0) is 14.8. The zero-order valence-electron chi connectivity index (χ0n) is 11.5. The maximum Gasteiger partial charge on any atom is 0.341 e. The lowest BCUT2D eigenvalue weighted by Gasteiger charge is -2.09. The first-order chi connectivity index (χ1) is 10.2. The first kappa shape index (κ1) is 13.0. The highest BCUT2D eigenvalue weighted by Gasteiger charge is 2.15. The summed E-state index contributed by atoms with van der Waals surface area (Å²) >= 11 is 0. The second kappa shape index (κ2) is 5.20. The van der Waals surface area contributed by atoms with Gasteiger partial charge in [-0.2, -0.15) is 5.10 Å². The van der Waals surface area contributed by atoms with Gasteiger partial charge in [0.25, 0.3) is 0 Å². The number of aromatic nitrogens is 4. The second-order valence-electron chi connectivity index (χ2n) is 4.50. The van der Waals surface area contributed by atoms with E-state index in [9.17, 15) is 4.79 Å². The highest BCUT2D eigenvalue weighted by Crippen LogP contribution is 2.22. The number of aromatic amines is 1. The Labute approximate surface area is 120 Å². The Hall–Kier alpha value is -2.96. The maximum atomic E-state index is 11.8. The molecule has 0 bridgehead atoms. The number of ether oxygens (including phenoxy) is 1. The van der Waals surface area contributed by atoms with Gasteiger partial charge in [0.2, 0.25) is 0 Å². The van der Waals surface area contributed by atoms with Gasteiger partial charge in [-0.1, -0.05) is 0 Å². The predicted molar refractivity (Wildman–Crippen MR) is 77.5 cm³/mol. The van der Waals surface area contributed by atoms with E-state index < -0.39 is 5.97 Å². The molecule has 1 aromatic carbocycles. The van der Waals surface area contributed by atoms with Crippen LogP contribution in [-0.4, -0.2) is 33.2 Å². The maximum absolute atomic E-state index is 11.8. The molecule has 0 fully saturated rings. The topological polar surface area (TPSA) is 92.8 Å². The van der Waals surface area contributed by atoms with Crippen molar-refractivity contribution >= 4 is 28.5 Å². The highest BCUT2D eigenvalue weighted by molar-refractivity contribution is 5.95. The first-order valence-corrected chi connectivity index (χ1v) is 6.30. The Kier molecular flexibility index (Phi) is 3.23.